The molecule has 0 aromatic heterocycles. The number of benzene rings is 2. The van der Waals surface area contributed by atoms with E-state index in [1.54, 1.807) is 25.1 Å². The van der Waals surface area contributed by atoms with E-state index < -0.39 is 23.8 Å². The van der Waals surface area contributed by atoms with Gasteiger partial charge in [-0.25, -0.2) is 4.79 Å². The number of carbonyl (C=O) groups excluding carboxylic acids is 1. The molecular formula is C17H16ClF3N2O. The highest BCUT2D eigenvalue weighted by atomic mass is 35.5. The fourth-order valence-corrected chi connectivity index (χ4v) is 2.36. The first-order valence-corrected chi connectivity index (χ1v) is 7.59. The van der Waals surface area contributed by atoms with Gasteiger partial charge in [0.2, 0.25) is 0 Å². The lowest BCUT2D eigenvalue weighted by Crippen LogP contribution is -2.36. The van der Waals surface area contributed by atoms with Crippen LogP contribution < -0.4 is 10.6 Å². The van der Waals surface area contributed by atoms with Gasteiger partial charge in [0.25, 0.3) is 0 Å². The second-order valence-corrected chi connectivity index (χ2v) is 5.74. The van der Waals surface area contributed by atoms with Crippen LogP contribution in [0.25, 0.3) is 0 Å². The summed E-state index contributed by atoms with van der Waals surface area (Å²) >= 11 is 5.86. The van der Waals surface area contributed by atoms with Crippen molar-refractivity contribution in [3.63, 3.8) is 0 Å². The van der Waals surface area contributed by atoms with E-state index in [0.717, 1.165) is 17.7 Å². The highest BCUT2D eigenvalue weighted by molar-refractivity contribution is 6.30. The summed E-state index contributed by atoms with van der Waals surface area (Å²) in [4.78, 5) is 11.9. The molecule has 0 heterocycles. The van der Waals surface area contributed by atoms with Gasteiger partial charge in [0.05, 0.1) is 11.6 Å². The van der Waals surface area contributed by atoms with Crippen LogP contribution in [0.3, 0.4) is 0 Å². The normalized spacial score (nSPS) is 12.5. The molecule has 24 heavy (non-hydrogen) atoms. The number of rotatable bonds is 4. The highest BCUT2D eigenvalue weighted by Crippen LogP contribution is 2.30. The van der Waals surface area contributed by atoms with Crippen LogP contribution in [-0.2, 0) is 12.7 Å². The van der Waals surface area contributed by atoms with Gasteiger partial charge in [0, 0.05) is 11.6 Å². The molecule has 0 saturated carbocycles. The average Bonchev–Trinajstić information content (AvgIpc) is 2.52. The molecule has 0 radical (unpaired) electrons. The van der Waals surface area contributed by atoms with Crippen molar-refractivity contribution in [2.75, 3.05) is 0 Å². The standard InChI is InChI=1S/C17H16ClF3N2O/c1-11(13-5-3-6-14(9-13)17(19,20)21)23-16(24)22-10-12-4-2-7-15(18)8-12/h2-9,11H,10H2,1H3,(H2,22,23,24). The maximum absolute atomic E-state index is 12.7. The van der Waals surface area contributed by atoms with Crippen molar-refractivity contribution in [1.29, 1.82) is 0 Å². The fourth-order valence-electron chi connectivity index (χ4n) is 2.14. The third kappa shape index (κ3) is 5.16. The minimum atomic E-state index is -4.41. The van der Waals surface area contributed by atoms with Crippen LogP contribution in [0.5, 0.6) is 0 Å². The summed E-state index contributed by atoms with van der Waals surface area (Å²) in [5.74, 6) is 0. The molecule has 0 aliphatic rings. The van der Waals surface area contributed by atoms with Gasteiger partial charge in [-0.2, -0.15) is 13.2 Å². The first kappa shape index (κ1) is 18.1. The second-order valence-electron chi connectivity index (χ2n) is 5.30. The number of hydrogen-bond donors (Lipinski definition) is 2. The lowest BCUT2D eigenvalue weighted by atomic mass is 10.1. The largest absolute Gasteiger partial charge is 0.416 e. The van der Waals surface area contributed by atoms with Crippen molar-refractivity contribution in [2.24, 2.45) is 0 Å². The summed E-state index contributed by atoms with van der Waals surface area (Å²) in [7, 11) is 0. The van der Waals surface area contributed by atoms with Crippen LogP contribution in [0.15, 0.2) is 48.5 Å². The van der Waals surface area contributed by atoms with Crippen molar-refractivity contribution >= 4 is 17.6 Å². The van der Waals surface area contributed by atoms with E-state index in [0.29, 0.717) is 10.6 Å². The number of carbonyl (C=O) groups is 1. The van der Waals surface area contributed by atoms with Gasteiger partial charge in [-0.15, -0.1) is 0 Å². The van der Waals surface area contributed by atoms with E-state index in [9.17, 15) is 18.0 Å². The molecule has 2 amide bonds. The summed E-state index contributed by atoms with van der Waals surface area (Å²) in [6, 6.07) is 10.9. The van der Waals surface area contributed by atoms with Crippen molar-refractivity contribution in [3.05, 3.63) is 70.2 Å². The molecule has 2 aromatic carbocycles. The maximum Gasteiger partial charge on any atom is 0.416 e. The minimum absolute atomic E-state index is 0.266. The van der Waals surface area contributed by atoms with Crippen LogP contribution in [-0.4, -0.2) is 6.03 Å². The van der Waals surface area contributed by atoms with Crippen molar-refractivity contribution < 1.29 is 18.0 Å². The second kappa shape index (κ2) is 7.57. The summed E-state index contributed by atoms with van der Waals surface area (Å²) < 4.78 is 38.2. The molecule has 3 nitrogen and oxygen atoms in total. The number of amides is 2. The van der Waals surface area contributed by atoms with Gasteiger partial charge in [0.1, 0.15) is 0 Å². The highest BCUT2D eigenvalue weighted by Gasteiger charge is 2.30. The summed E-state index contributed by atoms with van der Waals surface area (Å²) in [6.45, 7) is 1.89. The van der Waals surface area contributed by atoms with Gasteiger partial charge in [0.15, 0.2) is 0 Å². The van der Waals surface area contributed by atoms with E-state index in [-0.39, 0.29) is 6.54 Å². The molecule has 2 N–H and O–H groups in total. The zero-order valence-electron chi connectivity index (χ0n) is 12.8. The van der Waals surface area contributed by atoms with Crippen molar-refractivity contribution in [1.82, 2.24) is 10.6 Å². The molecule has 0 bridgehead atoms. The van der Waals surface area contributed by atoms with E-state index >= 15 is 0 Å². The zero-order chi connectivity index (χ0) is 17.7. The van der Waals surface area contributed by atoms with E-state index in [1.807, 2.05) is 6.07 Å². The topological polar surface area (TPSA) is 41.1 Å². The smallest absolute Gasteiger partial charge is 0.334 e. The van der Waals surface area contributed by atoms with Crippen LogP contribution in [0.1, 0.15) is 29.7 Å². The average molecular weight is 357 g/mol. The van der Waals surface area contributed by atoms with Gasteiger partial charge in [-0.1, -0.05) is 35.9 Å². The molecule has 0 aliphatic carbocycles. The molecule has 2 rings (SSSR count). The number of halogens is 4. The summed E-state index contributed by atoms with van der Waals surface area (Å²) in [6.07, 6.45) is -4.41. The molecule has 0 spiro atoms. The molecule has 0 saturated heterocycles. The monoisotopic (exact) mass is 356 g/mol. The van der Waals surface area contributed by atoms with Gasteiger partial charge in [-0.05, 0) is 42.3 Å². The van der Waals surface area contributed by atoms with Crippen molar-refractivity contribution in [3.8, 4) is 0 Å². The molecule has 1 atom stereocenters. The number of nitrogens with one attached hydrogen (secondary N) is 2. The molecule has 0 fully saturated rings. The van der Waals surface area contributed by atoms with Gasteiger partial charge >= 0.3 is 12.2 Å². The molecular weight excluding hydrogens is 341 g/mol. The maximum atomic E-state index is 12.7. The Bertz CT molecular complexity index is 719. The van der Waals surface area contributed by atoms with Crippen LogP contribution in [0.2, 0.25) is 5.02 Å². The van der Waals surface area contributed by atoms with Crippen molar-refractivity contribution in [2.45, 2.75) is 25.7 Å². The van der Waals surface area contributed by atoms with Crippen LogP contribution >= 0.6 is 11.6 Å². The minimum Gasteiger partial charge on any atom is -0.334 e. The summed E-state index contributed by atoms with van der Waals surface area (Å²) in [5.41, 5.74) is 0.458. The Hall–Kier alpha value is -2.21. The van der Waals surface area contributed by atoms with E-state index in [1.165, 1.54) is 12.1 Å². The van der Waals surface area contributed by atoms with E-state index in [2.05, 4.69) is 10.6 Å². The Kier molecular flexibility index (Phi) is 5.72. The quantitative estimate of drug-likeness (QED) is 0.802. The predicted octanol–water partition coefficient (Wildman–Crippen LogP) is 4.92. The fraction of sp³-hybridized carbons (Fsp3) is 0.235. The number of hydrogen-bond acceptors (Lipinski definition) is 1. The van der Waals surface area contributed by atoms with E-state index in [4.69, 9.17) is 11.6 Å². The SMILES string of the molecule is CC(NC(=O)NCc1cccc(Cl)c1)c1cccc(C(F)(F)F)c1. The number of alkyl halides is 3. The summed E-state index contributed by atoms with van der Waals surface area (Å²) in [5, 5.41) is 5.81. The Balaban J connectivity index is 1.94. The molecule has 7 heteroatoms. The lowest BCUT2D eigenvalue weighted by Gasteiger charge is -2.17. The Morgan fingerprint density at radius 1 is 1.17 bits per heavy atom. The number of urea groups is 1. The third-order valence-corrected chi connectivity index (χ3v) is 3.64. The molecule has 2 aromatic rings. The molecule has 128 valence electrons. The third-order valence-electron chi connectivity index (χ3n) is 3.40. The first-order chi connectivity index (χ1) is 11.3. The lowest BCUT2D eigenvalue weighted by molar-refractivity contribution is -0.137. The molecule has 1 unspecified atom stereocenters. The van der Waals surface area contributed by atoms with Crippen LogP contribution in [0.4, 0.5) is 18.0 Å². The van der Waals surface area contributed by atoms with Gasteiger partial charge in [-0.3, -0.25) is 0 Å². The first-order valence-electron chi connectivity index (χ1n) is 7.21. The molecule has 0 aliphatic heterocycles. The Morgan fingerprint density at radius 2 is 1.88 bits per heavy atom. The Labute approximate surface area is 142 Å². The zero-order valence-corrected chi connectivity index (χ0v) is 13.6. The van der Waals surface area contributed by atoms with Gasteiger partial charge < -0.3 is 10.6 Å². The van der Waals surface area contributed by atoms with Crippen LogP contribution in [0, 0.1) is 0 Å². The Morgan fingerprint density at radius 3 is 2.54 bits per heavy atom. The predicted molar refractivity (Wildman–Crippen MR) is 86.7 cm³/mol.